The largest absolute Gasteiger partial charge is 0.384 e. The standard InChI is InChI=1S/C15H23N3OS/c1-4-7-16-13-5-6-14(17-8-13)15(19)18-9-11(2)20-12(3)10-18/h5-6,8,11-12,16H,4,7,9-10H2,1-3H3. The van der Waals surface area contributed by atoms with Crippen LogP contribution in [0.5, 0.6) is 0 Å². The van der Waals surface area contributed by atoms with Crippen LogP contribution in [0.25, 0.3) is 0 Å². The molecule has 20 heavy (non-hydrogen) atoms. The average molecular weight is 293 g/mol. The lowest BCUT2D eigenvalue weighted by atomic mass is 10.2. The van der Waals surface area contributed by atoms with E-state index in [9.17, 15) is 4.79 Å². The van der Waals surface area contributed by atoms with Crippen LogP contribution >= 0.6 is 11.8 Å². The Morgan fingerprint density at radius 2 is 2.10 bits per heavy atom. The first-order valence-corrected chi connectivity index (χ1v) is 8.19. The van der Waals surface area contributed by atoms with Gasteiger partial charge in [-0.1, -0.05) is 20.8 Å². The van der Waals surface area contributed by atoms with Crippen molar-refractivity contribution < 1.29 is 4.79 Å². The summed E-state index contributed by atoms with van der Waals surface area (Å²) in [6.45, 7) is 9.01. The van der Waals surface area contributed by atoms with E-state index in [1.807, 2.05) is 28.8 Å². The van der Waals surface area contributed by atoms with Crippen molar-refractivity contribution in [1.29, 1.82) is 0 Å². The highest BCUT2D eigenvalue weighted by Crippen LogP contribution is 2.25. The lowest BCUT2D eigenvalue weighted by Crippen LogP contribution is -2.44. The molecule has 0 bridgehead atoms. The summed E-state index contributed by atoms with van der Waals surface area (Å²) in [5.74, 6) is 0.0473. The van der Waals surface area contributed by atoms with Crippen molar-refractivity contribution in [1.82, 2.24) is 9.88 Å². The number of amides is 1. The zero-order valence-corrected chi connectivity index (χ0v) is 13.2. The zero-order valence-electron chi connectivity index (χ0n) is 12.4. The first-order chi connectivity index (χ1) is 9.60. The molecule has 1 amide bonds. The van der Waals surface area contributed by atoms with E-state index in [4.69, 9.17) is 0 Å². The molecule has 4 nitrogen and oxygen atoms in total. The van der Waals surface area contributed by atoms with E-state index in [0.717, 1.165) is 31.7 Å². The summed E-state index contributed by atoms with van der Waals surface area (Å²) in [5, 5.41) is 4.25. The van der Waals surface area contributed by atoms with Gasteiger partial charge < -0.3 is 10.2 Å². The predicted octanol–water partition coefficient (Wildman–Crippen LogP) is 2.87. The van der Waals surface area contributed by atoms with Crippen LogP contribution in [0.15, 0.2) is 18.3 Å². The minimum absolute atomic E-state index is 0.0473. The first-order valence-electron chi connectivity index (χ1n) is 7.24. The Bertz CT molecular complexity index is 439. The second-order valence-corrected chi connectivity index (χ2v) is 7.21. The van der Waals surface area contributed by atoms with Crippen molar-refractivity contribution in [3.8, 4) is 0 Å². The maximum atomic E-state index is 12.4. The van der Waals surface area contributed by atoms with Gasteiger partial charge in [0, 0.05) is 30.1 Å². The smallest absolute Gasteiger partial charge is 0.272 e. The van der Waals surface area contributed by atoms with Crippen LogP contribution in [-0.2, 0) is 0 Å². The van der Waals surface area contributed by atoms with E-state index in [-0.39, 0.29) is 5.91 Å². The summed E-state index contributed by atoms with van der Waals surface area (Å²) < 4.78 is 0. The molecule has 2 heterocycles. The number of hydrogen-bond acceptors (Lipinski definition) is 4. The molecular weight excluding hydrogens is 270 g/mol. The molecule has 1 saturated heterocycles. The molecule has 1 fully saturated rings. The molecule has 1 N–H and O–H groups in total. The molecule has 2 unspecified atom stereocenters. The number of nitrogens with one attached hydrogen (secondary N) is 1. The molecule has 0 radical (unpaired) electrons. The van der Waals surface area contributed by atoms with E-state index in [0.29, 0.717) is 16.2 Å². The number of nitrogens with zero attached hydrogens (tertiary/aromatic N) is 2. The Balaban J connectivity index is 2.01. The van der Waals surface area contributed by atoms with Crippen LogP contribution < -0.4 is 5.32 Å². The Morgan fingerprint density at radius 1 is 1.40 bits per heavy atom. The van der Waals surface area contributed by atoms with Gasteiger partial charge in [-0.05, 0) is 18.6 Å². The molecule has 2 rings (SSSR count). The fraction of sp³-hybridized carbons (Fsp3) is 0.600. The monoisotopic (exact) mass is 293 g/mol. The first kappa shape index (κ1) is 15.2. The van der Waals surface area contributed by atoms with Crippen molar-refractivity contribution in [2.45, 2.75) is 37.7 Å². The second-order valence-electron chi connectivity index (χ2n) is 5.33. The minimum atomic E-state index is 0.0473. The van der Waals surface area contributed by atoms with Gasteiger partial charge in [-0.2, -0.15) is 11.8 Å². The molecule has 0 aromatic carbocycles. The number of rotatable bonds is 4. The fourth-order valence-electron chi connectivity index (χ4n) is 2.40. The molecular formula is C15H23N3OS. The van der Waals surface area contributed by atoms with Gasteiger partial charge in [-0.15, -0.1) is 0 Å². The predicted molar refractivity (Wildman–Crippen MR) is 85.4 cm³/mol. The molecule has 0 aliphatic carbocycles. The van der Waals surface area contributed by atoms with Crippen molar-refractivity contribution >= 4 is 23.4 Å². The summed E-state index contributed by atoms with van der Waals surface area (Å²) in [6, 6.07) is 3.75. The van der Waals surface area contributed by atoms with Gasteiger partial charge in [0.25, 0.3) is 5.91 Å². The van der Waals surface area contributed by atoms with Gasteiger partial charge in [0.2, 0.25) is 0 Å². The summed E-state index contributed by atoms with van der Waals surface area (Å²) in [7, 11) is 0. The Kier molecular flexibility index (Phi) is 5.29. The highest BCUT2D eigenvalue weighted by atomic mass is 32.2. The number of thioether (sulfide) groups is 1. The average Bonchev–Trinajstić information content (AvgIpc) is 2.44. The Labute approximate surface area is 125 Å². The van der Waals surface area contributed by atoms with Gasteiger partial charge in [0.05, 0.1) is 11.9 Å². The number of anilines is 1. The molecule has 2 atom stereocenters. The van der Waals surface area contributed by atoms with E-state index < -0.39 is 0 Å². The quantitative estimate of drug-likeness (QED) is 0.927. The van der Waals surface area contributed by atoms with Crippen LogP contribution in [0.4, 0.5) is 5.69 Å². The van der Waals surface area contributed by atoms with Gasteiger partial charge in [-0.3, -0.25) is 4.79 Å². The Morgan fingerprint density at radius 3 is 2.65 bits per heavy atom. The maximum Gasteiger partial charge on any atom is 0.272 e. The molecule has 1 aliphatic rings. The van der Waals surface area contributed by atoms with Crippen LogP contribution in [0.3, 0.4) is 0 Å². The van der Waals surface area contributed by atoms with Crippen molar-refractivity contribution in [3.05, 3.63) is 24.0 Å². The van der Waals surface area contributed by atoms with Crippen molar-refractivity contribution in [3.63, 3.8) is 0 Å². The maximum absolute atomic E-state index is 12.4. The van der Waals surface area contributed by atoms with Crippen LogP contribution in [0.1, 0.15) is 37.7 Å². The topological polar surface area (TPSA) is 45.2 Å². The molecule has 110 valence electrons. The van der Waals surface area contributed by atoms with E-state index in [2.05, 4.69) is 31.1 Å². The molecule has 1 aromatic heterocycles. The van der Waals surface area contributed by atoms with Gasteiger partial charge in [0.15, 0.2) is 0 Å². The lowest BCUT2D eigenvalue weighted by molar-refractivity contribution is 0.0747. The van der Waals surface area contributed by atoms with Crippen molar-refractivity contribution in [2.75, 3.05) is 25.0 Å². The molecule has 0 saturated carbocycles. The number of aromatic nitrogens is 1. The highest BCUT2D eigenvalue weighted by Gasteiger charge is 2.27. The molecule has 5 heteroatoms. The molecule has 1 aliphatic heterocycles. The van der Waals surface area contributed by atoms with Crippen LogP contribution in [-0.4, -0.2) is 45.9 Å². The molecule has 0 spiro atoms. The molecule has 1 aromatic rings. The van der Waals surface area contributed by atoms with E-state index in [1.165, 1.54) is 0 Å². The van der Waals surface area contributed by atoms with Crippen LogP contribution in [0, 0.1) is 0 Å². The minimum Gasteiger partial charge on any atom is -0.384 e. The number of hydrogen-bond donors (Lipinski definition) is 1. The van der Waals surface area contributed by atoms with Crippen LogP contribution in [0.2, 0.25) is 0 Å². The zero-order chi connectivity index (χ0) is 14.5. The Hall–Kier alpha value is -1.23. The number of pyridine rings is 1. The van der Waals surface area contributed by atoms with Gasteiger partial charge in [0.1, 0.15) is 5.69 Å². The third-order valence-electron chi connectivity index (χ3n) is 3.27. The summed E-state index contributed by atoms with van der Waals surface area (Å²) in [5.41, 5.74) is 1.51. The second kappa shape index (κ2) is 6.97. The SMILES string of the molecule is CCCNc1ccc(C(=O)N2CC(C)SC(C)C2)nc1. The summed E-state index contributed by atoms with van der Waals surface area (Å²) in [6.07, 6.45) is 2.82. The summed E-state index contributed by atoms with van der Waals surface area (Å²) in [4.78, 5) is 18.7. The van der Waals surface area contributed by atoms with Crippen molar-refractivity contribution in [2.24, 2.45) is 0 Å². The van der Waals surface area contributed by atoms with Gasteiger partial charge >= 0.3 is 0 Å². The third-order valence-corrected chi connectivity index (χ3v) is 4.50. The fourth-order valence-corrected chi connectivity index (χ4v) is 3.73. The lowest BCUT2D eigenvalue weighted by Gasteiger charge is -2.34. The summed E-state index contributed by atoms with van der Waals surface area (Å²) >= 11 is 1.94. The highest BCUT2D eigenvalue weighted by molar-refractivity contribution is 8.00. The normalized spacial score (nSPS) is 22.6. The number of carbonyl (C=O) groups excluding carboxylic acids is 1. The van der Waals surface area contributed by atoms with E-state index in [1.54, 1.807) is 6.20 Å². The van der Waals surface area contributed by atoms with Gasteiger partial charge in [-0.25, -0.2) is 4.98 Å². The van der Waals surface area contributed by atoms with E-state index >= 15 is 0 Å². The third kappa shape index (κ3) is 3.88. The number of carbonyl (C=O) groups is 1.